The Bertz CT molecular complexity index is 3040. The molecule has 0 atom stereocenters. The van der Waals surface area contributed by atoms with Gasteiger partial charge in [0.2, 0.25) is 17.8 Å². The third-order valence-electron chi connectivity index (χ3n) is 9.67. The number of carbonyl (C=O) groups excluding carboxylic acids is 4. The van der Waals surface area contributed by atoms with Gasteiger partial charge in [0.15, 0.2) is 0 Å². The topological polar surface area (TPSA) is 258 Å². The second-order valence-electron chi connectivity index (χ2n) is 14.7. The zero-order valence-corrected chi connectivity index (χ0v) is 34.5. The average Bonchev–Trinajstić information content (AvgIpc) is 4.01. The number of aromatic nitrogens is 8. The van der Waals surface area contributed by atoms with E-state index in [-0.39, 0.29) is 95.0 Å². The normalized spacial score (nSPS) is 12.3. The summed E-state index contributed by atoms with van der Waals surface area (Å²) in [4.78, 5) is 61.2. The molecule has 7 rings (SSSR count). The number of hydrogen-bond donors (Lipinski definition) is 5. The standard InChI is InChI=1S/C40H38F6N12O7/c1-19-11-27(57(53-19)17-39(41,42)43)35(62)51-37-50-26-16-24(34(48)61)32-23(13-21(3)65-32)30(26)55(37)7-4-5-8-56-31-25(14-22(33(47)60)15-29(31)64-10-6-9-59)49-38(56)52-36(63)28-12-20(2)54-58(28)18-40(44,45)46/h4-5,11-16,59H,6-10,17-18H2,1-3H3,(H2,47,60)(H2,48,61)(H,49,52,63)(H,50,51,62)/b5-4+. The van der Waals surface area contributed by atoms with Crippen molar-refractivity contribution in [3.63, 3.8) is 0 Å². The molecule has 2 aromatic carbocycles. The maximum absolute atomic E-state index is 13.7. The maximum Gasteiger partial charge on any atom is 0.408 e. The first kappa shape index (κ1) is 45.3. The molecule has 0 saturated carbocycles. The second-order valence-corrected chi connectivity index (χ2v) is 14.7. The number of ether oxygens (including phenoxy) is 1. The number of carbonyl (C=O) groups is 4. The van der Waals surface area contributed by atoms with Crippen LogP contribution >= 0.6 is 0 Å². The van der Waals surface area contributed by atoms with Gasteiger partial charge in [0.05, 0.1) is 40.1 Å². The molecule has 25 heteroatoms. The van der Waals surface area contributed by atoms with Crippen molar-refractivity contribution in [3.8, 4) is 5.75 Å². The van der Waals surface area contributed by atoms with Crippen molar-refractivity contribution in [2.45, 2.75) is 65.7 Å². The average molecular weight is 913 g/mol. The predicted octanol–water partition coefficient (Wildman–Crippen LogP) is 5.30. The number of furan rings is 1. The van der Waals surface area contributed by atoms with Crippen LogP contribution in [0.2, 0.25) is 0 Å². The predicted molar refractivity (Wildman–Crippen MR) is 219 cm³/mol. The van der Waals surface area contributed by atoms with Crippen molar-refractivity contribution in [1.82, 2.24) is 38.7 Å². The van der Waals surface area contributed by atoms with E-state index < -0.39 is 60.5 Å². The van der Waals surface area contributed by atoms with Crippen LogP contribution in [0.1, 0.15) is 65.3 Å². The number of aliphatic hydroxyl groups excluding tert-OH is 1. The Morgan fingerprint density at radius 1 is 0.754 bits per heavy atom. The zero-order valence-electron chi connectivity index (χ0n) is 34.5. The van der Waals surface area contributed by atoms with E-state index in [4.69, 9.17) is 20.6 Å². The Balaban J connectivity index is 1.31. The van der Waals surface area contributed by atoms with Crippen molar-refractivity contribution >= 4 is 68.6 Å². The fraction of sp³-hybridized carbons (Fsp3) is 0.300. The lowest BCUT2D eigenvalue weighted by atomic mass is 10.1. The Kier molecular flexibility index (Phi) is 12.2. The van der Waals surface area contributed by atoms with Gasteiger partial charge >= 0.3 is 12.4 Å². The molecule has 0 unspecified atom stereocenters. The van der Waals surface area contributed by atoms with E-state index in [1.165, 1.54) is 47.2 Å². The number of aliphatic hydroxyl groups is 1. The Hall–Kier alpha value is -7.70. The van der Waals surface area contributed by atoms with E-state index in [0.29, 0.717) is 26.0 Å². The number of imidazole rings is 2. The minimum atomic E-state index is -4.72. The highest BCUT2D eigenvalue weighted by Gasteiger charge is 2.33. The van der Waals surface area contributed by atoms with Gasteiger partial charge in [-0.25, -0.2) is 9.97 Å². The molecule has 0 radical (unpaired) electrons. The molecule has 0 bridgehead atoms. The number of nitrogens with one attached hydrogen (secondary N) is 2. The quantitative estimate of drug-likeness (QED) is 0.0473. The Morgan fingerprint density at radius 3 is 1.77 bits per heavy atom. The number of hydrogen-bond acceptors (Lipinski definition) is 11. The number of nitrogens with zero attached hydrogens (tertiary/aromatic N) is 8. The molecule has 7 N–H and O–H groups in total. The monoisotopic (exact) mass is 912 g/mol. The molecule has 0 aliphatic rings. The van der Waals surface area contributed by atoms with Gasteiger partial charge < -0.3 is 34.9 Å². The van der Waals surface area contributed by atoms with E-state index in [0.717, 1.165) is 6.07 Å². The number of halogens is 6. The molecule has 0 spiro atoms. The van der Waals surface area contributed by atoms with E-state index in [9.17, 15) is 50.6 Å². The minimum absolute atomic E-state index is 0.0350. The zero-order chi connectivity index (χ0) is 47.1. The highest BCUT2D eigenvalue weighted by Crippen LogP contribution is 2.35. The number of anilines is 2. The van der Waals surface area contributed by atoms with Crippen LogP contribution in [0.5, 0.6) is 5.75 Å². The fourth-order valence-corrected chi connectivity index (χ4v) is 7.13. The van der Waals surface area contributed by atoms with Crippen molar-refractivity contribution in [1.29, 1.82) is 0 Å². The van der Waals surface area contributed by atoms with Crippen LogP contribution < -0.4 is 26.8 Å². The van der Waals surface area contributed by atoms with Gasteiger partial charge in [-0.3, -0.25) is 39.2 Å². The van der Waals surface area contributed by atoms with Crippen LogP contribution in [-0.2, 0) is 26.2 Å². The summed E-state index contributed by atoms with van der Waals surface area (Å²) < 4.78 is 96.3. The van der Waals surface area contributed by atoms with E-state index in [1.807, 2.05) is 0 Å². The number of aryl methyl sites for hydroxylation is 3. The molecule has 342 valence electrons. The van der Waals surface area contributed by atoms with Gasteiger partial charge in [0.25, 0.3) is 17.7 Å². The van der Waals surface area contributed by atoms with Crippen LogP contribution in [0.3, 0.4) is 0 Å². The molecule has 0 aliphatic heterocycles. The van der Waals surface area contributed by atoms with Gasteiger partial charge in [-0.1, -0.05) is 12.2 Å². The summed E-state index contributed by atoms with van der Waals surface area (Å²) in [6.45, 7) is 0.754. The molecular formula is C40H38F6N12O7. The van der Waals surface area contributed by atoms with Gasteiger partial charge in [0, 0.05) is 37.1 Å². The second kappa shape index (κ2) is 17.5. The number of nitrogens with two attached hydrogens (primary N) is 2. The first-order chi connectivity index (χ1) is 30.6. The molecule has 4 amide bonds. The SMILES string of the molecule is Cc1cc(C(=O)Nc2nc3cc(C(N)=O)cc(OCCCO)c3n2C/C=C/Cn2c(NC(=O)c3cc(C)nn3CC(F)(F)F)nc3cc(C(N)=O)c4oc(C)cc4c32)n(CC(F)(F)F)n1. The highest BCUT2D eigenvalue weighted by molar-refractivity contribution is 6.14. The lowest BCUT2D eigenvalue weighted by Gasteiger charge is -2.13. The van der Waals surface area contributed by atoms with Crippen LogP contribution in [0.4, 0.5) is 38.2 Å². The third-order valence-corrected chi connectivity index (χ3v) is 9.67. The molecule has 65 heavy (non-hydrogen) atoms. The Labute approximate surface area is 361 Å². The molecule has 0 saturated heterocycles. The number of rotatable bonds is 16. The van der Waals surface area contributed by atoms with Crippen LogP contribution in [-0.4, -0.2) is 93.0 Å². The number of primary amides is 2. The number of alkyl halides is 6. The van der Waals surface area contributed by atoms with Crippen LogP contribution in [0.25, 0.3) is 33.0 Å². The van der Waals surface area contributed by atoms with Crippen molar-refractivity contribution in [2.24, 2.45) is 11.5 Å². The van der Waals surface area contributed by atoms with Crippen molar-refractivity contribution in [2.75, 3.05) is 23.8 Å². The molecular weight excluding hydrogens is 875 g/mol. The lowest BCUT2D eigenvalue weighted by Crippen LogP contribution is -2.25. The first-order valence-corrected chi connectivity index (χ1v) is 19.4. The smallest absolute Gasteiger partial charge is 0.408 e. The van der Waals surface area contributed by atoms with Crippen LogP contribution in [0.15, 0.2) is 53.0 Å². The van der Waals surface area contributed by atoms with Gasteiger partial charge in [-0.05, 0) is 57.2 Å². The number of fused-ring (bicyclic) bond motifs is 4. The third kappa shape index (κ3) is 9.78. The number of benzene rings is 2. The van der Waals surface area contributed by atoms with Gasteiger partial charge in [-0.15, -0.1) is 0 Å². The molecule has 19 nitrogen and oxygen atoms in total. The van der Waals surface area contributed by atoms with Crippen molar-refractivity contribution in [3.05, 3.63) is 88.2 Å². The molecule has 0 fully saturated rings. The van der Waals surface area contributed by atoms with Crippen LogP contribution in [0, 0.1) is 20.8 Å². The summed E-state index contributed by atoms with van der Waals surface area (Å²) in [6.07, 6.45) is -6.10. The van der Waals surface area contributed by atoms with Gasteiger partial charge in [-0.2, -0.15) is 36.5 Å². The van der Waals surface area contributed by atoms with E-state index in [1.54, 1.807) is 25.1 Å². The summed E-state index contributed by atoms with van der Waals surface area (Å²) in [7, 11) is 0. The maximum atomic E-state index is 13.7. The van der Waals surface area contributed by atoms with E-state index >= 15 is 0 Å². The summed E-state index contributed by atoms with van der Waals surface area (Å²) in [5, 5.41) is 22.5. The summed E-state index contributed by atoms with van der Waals surface area (Å²) in [5.41, 5.74) is 11.4. The summed E-state index contributed by atoms with van der Waals surface area (Å²) >= 11 is 0. The highest BCUT2D eigenvalue weighted by atomic mass is 19.4. The molecule has 7 aromatic rings. The molecule has 5 aromatic heterocycles. The number of amides is 4. The van der Waals surface area contributed by atoms with E-state index in [2.05, 4.69) is 30.8 Å². The van der Waals surface area contributed by atoms with Gasteiger partial charge in [0.1, 0.15) is 47.1 Å². The minimum Gasteiger partial charge on any atom is -0.491 e. The lowest BCUT2D eigenvalue weighted by molar-refractivity contribution is -0.143. The molecule has 5 heterocycles. The summed E-state index contributed by atoms with van der Waals surface area (Å²) in [5.74, 6) is -3.66. The summed E-state index contributed by atoms with van der Waals surface area (Å²) in [6, 6.07) is 7.91. The fourth-order valence-electron chi connectivity index (χ4n) is 7.13. The van der Waals surface area contributed by atoms with Crippen molar-refractivity contribution < 1.29 is 59.8 Å². The first-order valence-electron chi connectivity index (χ1n) is 19.4. The number of allylic oxidation sites excluding steroid dienone is 2. The largest absolute Gasteiger partial charge is 0.491 e. The molecule has 0 aliphatic carbocycles. The Morgan fingerprint density at radius 2 is 1.28 bits per heavy atom.